The number of thiazole rings is 1. The Hall–Kier alpha value is -3.45. The van der Waals surface area contributed by atoms with E-state index in [2.05, 4.69) is 31.1 Å². The summed E-state index contributed by atoms with van der Waals surface area (Å²) in [5.74, 6) is 3.20. The molecule has 0 aromatic carbocycles. The number of pyridine rings is 2. The molecule has 12 heteroatoms. The quantitative estimate of drug-likeness (QED) is 0.341. The van der Waals surface area contributed by atoms with Gasteiger partial charge in [-0.1, -0.05) is 0 Å². The molecule has 4 aliphatic heterocycles. The normalized spacial score (nSPS) is 25.5. The van der Waals surface area contributed by atoms with Crippen LogP contribution in [-0.4, -0.2) is 98.5 Å². The van der Waals surface area contributed by atoms with Crippen molar-refractivity contribution in [1.82, 2.24) is 29.8 Å². The van der Waals surface area contributed by atoms with Crippen molar-refractivity contribution in [2.24, 2.45) is 0 Å². The average molecular weight is 572 g/mol. The molecule has 0 amide bonds. The second-order valence-electron chi connectivity index (χ2n) is 11.5. The van der Waals surface area contributed by atoms with E-state index >= 15 is 0 Å². The van der Waals surface area contributed by atoms with Crippen molar-refractivity contribution in [2.75, 3.05) is 54.6 Å². The highest BCUT2D eigenvalue weighted by molar-refractivity contribution is 7.21. The van der Waals surface area contributed by atoms with E-state index in [0.717, 1.165) is 96.2 Å². The summed E-state index contributed by atoms with van der Waals surface area (Å²) in [6.45, 7) is 6.33. The lowest BCUT2D eigenvalue weighted by Gasteiger charge is -2.35. The molecule has 0 saturated carbocycles. The summed E-state index contributed by atoms with van der Waals surface area (Å²) < 4.78 is 6.80. The van der Waals surface area contributed by atoms with E-state index < -0.39 is 0 Å². The van der Waals surface area contributed by atoms with Gasteiger partial charge in [0.2, 0.25) is 5.95 Å². The number of rotatable bonds is 7. The van der Waals surface area contributed by atoms with Crippen LogP contribution in [0.25, 0.3) is 20.8 Å². The van der Waals surface area contributed by atoms with Crippen LogP contribution in [0.2, 0.25) is 0 Å². The van der Waals surface area contributed by atoms with Crippen LogP contribution in [0.15, 0.2) is 36.7 Å². The molecule has 8 heterocycles. The van der Waals surface area contributed by atoms with Crippen molar-refractivity contribution in [3.05, 3.63) is 42.4 Å². The van der Waals surface area contributed by atoms with Crippen LogP contribution in [0.5, 0.6) is 0 Å². The number of nitrogens with zero attached hydrogens (tertiary/aromatic N) is 8. The van der Waals surface area contributed by atoms with E-state index in [1.807, 2.05) is 37.5 Å². The molecule has 0 radical (unpaired) electrons. The number of fused-ring (bicyclic) bond motifs is 5. The zero-order valence-electron chi connectivity index (χ0n) is 23.0. The molecule has 0 aliphatic carbocycles. The lowest BCUT2D eigenvalue weighted by molar-refractivity contribution is 0.0902. The van der Waals surface area contributed by atoms with Crippen LogP contribution in [0, 0.1) is 6.92 Å². The number of aliphatic hydroxyl groups excluding tert-OH is 1. The van der Waals surface area contributed by atoms with Gasteiger partial charge in [-0.2, -0.15) is 4.98 Å². The summed E-state index contributed by atoms with van der Waals surface area (Å²) in [5, 5.41) is 13.7. The summed E-state index contributed by atoms with van der Waals surface area (Å²) in [5.41, 5.74) is 2.89. The Morgan fingerprint density at radius 3 is 2.68 bits per heavy atom. The Labute approximate surface area is 242 Å². The lowest BCUT2D eigenvalue weighted by atomic mass is 10.2. The molecular formula is C29H33N9O2S. The number of likely N-dealkylation sites (tertiary alicyclic amines) is 1. The summed E-state index contributed by atoms with van der Waals surface area (Å²) in [7, 11) is 0. The topological polar surface area (TPSA) is 116 Å². The van der Waals surface area contributed by atoms with Gasteiger partial charge < -0.3 is 25.0 Å². The number of aromatic nitrogens is 5. The number of hydrogen-bond donors (Lipinski definition) is 2. The number of aryl methyl sites for hydroxylation is 1. The predicted molar refractivity (Wildman–Crippen MR) is 159 cm³/mol. The second-order valence-corrected chi connectivity index (χ2v) is 12.6. The van der Waals surface area contributed by atoms with E-state index in [0.29, 0.717) is 30.0 Å². The SMILES string of the molecule is Cc1cc(Nc2cc3nc(-c4ccnc(N5C6CCC5COC6)c4)sc3cn2)nc(N2C[C@@H]3C[C@H]2CN3CCO)n1. The van der Waals surface area contributed by atoms with Crippen LogP contribution in [0.1, 0.15) is 25.0 Å². The first-order chi connectivity index (χ1) is 20.1. The highest BCUT2D eigenvalue weighted by atomic mass is 32.1. The van der Waals surface area contributed by atoms with Gasteiger partial charge in [-0.25, -0.2) is 19.9 Å². The predicted octanol–water partition coefficient (Wildman–Crippen LogP) is 3.22. The van der Waals surface area contributed by atoms with E-state index in [1.165, 1.54) is 0 Å². The van der Waals surface area contributed by atoms with Crippen molar-refractivity contribution in [1.29, 1.82) is 0 Å². The van der Waals surface area contributed by atoms with Crippen molar-refractivity contribution >= 4 is 45.0 Å². The number of ether oxygens (including phenoxy) is 1. The summed E-state index contributed by atoms with van der Waals surface area (Å²) in [6.07, 6.45) is 7.19. The number of piperazine rings is 1. The minimum absolute atomic E-state index is 0.203. The number of morpholine rings is 1. The average Bonchev–Trinajstić information content (AvgIpc) is 3.74. The maximum absolute atomic E-state index is 9.35. The maximum Gasteiger partial charge on any atom is 0.227 e. The second kappa shape index (κ2) is 10.1. The van der Waals surface area contributed by atoms with Crippen LogP contribution in [0.4, 0.5) is 23.4 Å². The molecule has 4 aliphatic rings. The minimum Gasteiger partial charge on any atom is -0.395 e. The van der Waals surface area contributed by atoms with Crippen LogP contribution < -0.4 is 15.1 Å². The third-order valence-electron chi connectivity index (χ3n) is 8.87. The van der Waals surface area contributed by atoms with Gasteiger partial charge in [-0.3, -0.25) is 4.90 Å². The third-order valence-corrected chi connectivity index (χ3v) is 9.92. The van der Waals surface area contributed by atoms with Crippen molar-refractivity contribution in [3.8, 4) is 10.6 Å². The number of nitrogens with one attached hydrogen (secondary N) is 1. The summed E-state index contributed by atoms with van der Waals surface area (Å²) in [6, 6.07) is 9.81. The minimum atomic E-state index is 0.203. The molecule has 4 aromatic rings. The maximum atomic E-state index is 9.35. The molecule has 8 rings (SSSR count). The molecule has 212 valence electrons. The fraction of sp³-hybridized carbons (Fsp3) is 0.483. The molecule has 4 fully saturated rings. The van der Waals surface area contributed by atoms with Crippen molar-refractivity contribution in [3.63, 3.8) is 0 Å². The molecule has 4 saturated heterocycles. The van der Waals surface area contributed by atoms with Gasteiger partial charge in [-0.15, -0.1) is 11.3 Å². The Balaban J connectivity index is 1.02. The molecule has 0 spiro atoms. The molecule has 2 N–H and O–H groups in total. The lowest BCUT2D eigenvalue weighted by Crippen LogP contribution is -2.47. The van der Waals surface area contributed by atoms with Gasteiger partial charge in [-0.05, 0) is 38.3 Å². The number of aliphatic hydroxyl groups is 1. The van der Waals surface area contributed by atoms with E-state index in [9.17, 15) is 5.11 Å². The van der Waals surface area contributed by atoms with E-state index in [4.69, 9.17) is 24.7 Å². The fourth-order valence-corrected chi connectivity index (χ4v) is 7.91. The molecule has 2 unspecified atom stereocenters. The Kier molecular flexibility index (Phi) is 6.24. The van der Waals surface area contributed by atoms with Crippen molar-refractivity contribution < 1.29 is 9.84 Å². The smallest absolute Gasteiger partial charge is 0.227 e. The first-order valence-corrected chi connectivity index (χ1v) is 15.3. The summed E-state index contributed by atoms with van der Waals surface area (Å²) in [4.78, 5) is 31.1. The van der Waals surface area contributed by atoms with Crippen LogP contribution >= 0.6 is 11.3 Å². The van der Waals surface area contributed by atoms with Gasteiger partial charge in [0.05, 0.1) is 42.1 Å². The third kappa shape index (κ3) is 4.58. The van der Waals surface area contributed by atoms with Gasteiger partial charge in [0.1, 0.15) is 22.5 Å². The van der Waals surface area contributed by atoms with Crippen LogP contribution in [-0.2, 0) is 4.74 Å². The Bertz CT molecular complexity index is 1580. The van der Waals surface area contributed by atoms with E-state index in [-0.39, 0.29) is 6.61 Å². The van der Waals surface area contributed by atoms with Gasteiger partial charge in [0.15, 0.2) is 0 Å². The molecule has 4 atom stereocenters. The largest absolute Gasteiger partial charge is 0.395 e. The van der Waals surface area contributed by atoms with Gasteiger partial charge >= 0.3 is 0 Å². The van der Waals surface area contributed by atoms with E-state index in [1.54, 1.807) is 11.3 Å². The molecular weight excluding hydrogens is 538 g/mol. The van der Waals surface area contributed by atoms with Crippen molar-refractivity contribution in [2.45, 2.75) is 50.4 Å². The monoisotopic (exact) mass is 571 g/mol. The first-order valence-electron chi connectivity index (χ1n) is 14.4. The highest BCUT2D eigenvalue weighted by Gasteiger charge is 2.44. The highest BCUT2D eigenvalue weighted by Crippen LogP contribution is 2.37. The zero-order valence-corrected chi connectivity index (χ0v) is 23.8. The molecule has 4 aromatic heterocycles. The molecule has 41 heavy (non-hydrogen) atoms. The fourth-order valence-electron chi connectivity index (χ4n) is 6.99. The number of β-amino-alcohol motifs (C(OH)–C–C–N with tert-alkyl or cyclic N) is 1. The van der Waals surface area contributed by atoms with Gasteiger partial charge in [0.25, 0.3) is 0 Å². The first kappa shape index (κ1) is 25.3. The number of anilines is 4. The Morgan fingerprint density at radius 2 is 1.88 bits per heavy atom. The zero-order chi connectivity index (χ0) is 27.5. The molecule has 11 nitrogen and oxygen atoms in total. The van der Waals surface area contributed by atoms with Crippen LogP contribution in [0.3, 0.4) is 0 Å². The summed E-state index contributed by atoms with van der Waals surface area (Å²) >= 11 is 1.65. The standard InChI is InChI=1S/C29H33N9O2S/c1-17-8-26(35-29(32-17)37-14-21-10-22(37)13-36(21)6-7-39)34-25-11-23-24(12-31-25)41-28(33-23)18-4-5-30-27(9-18)38-19-2-3-20(38)16-40-15-19/h4-5,8-9,11-12,19-22,39H,2-3,6-7,10,13-16H2,1H3,(H,31,32,34,35)/t19?,20?,21-,22-/m0/s1. The number of hydrogen-bond acceptors (Lipinski definition) is 12. The Morgan fingerprint density at radius 1 is 1.00 bits per heavy atom. The molecule has 4 bridgehead atoms. The van der Waals surface area contributed by atoms with Gasteiger partial charge in [0, 0.05) is 67.5 Å².